The molecule has 0 bridgehead atoms. The highest BCUT2D eigenvalue weighted by atomic mass is 32.2. The number of rotatable bonds is 10. The van der Waals surface area contributed by atoms with Crippen molar-refractivity contribution in [3.63, 3.8) is 0 Å². The van der Waals surface area contributed by atoms with E-state index in [1.165, 1.54) is 29.9 Å². The summed E-state index contributed by atoms with van der Waals surface area (Å²) in [6.45, 7) is 6.64. The molecule has 1 aliphatic rings. The van der Waals surface area contributed by atoms with Crippen LogP contribution in [0.4, 0.5) is 11.4 Å². The first-order valence-electron chi connectivity index (χ1n) is 11.9. The van der Waals surface area contributed by atoms with Gasteiger partial charge >= 0.3 is 0 Å². The summed E-state index contributed by atoms with van der Waals surface area (Å²) in [5.41, 5.74) is 2.75. The minimum atomic E-state index is -3.51. The van der Waals surface area contributed by atoms with Crippen LogP contribution in [-0.4, -0.2) is 47.3 Å². The normalized spacial score (nSPS) is 17.2. The molecule has 1 saturated heterocycles. The second kappa shape index (κ2) is 11.6. The third-order valence-corrected chi connectivity index (χ3v) is 7.49. The number of piperidine rings is 1. The molecule has 8 heteroatoms. The lowest BCUT2D eigenvalue weighted by atomic mass is 9.99. The van der Waals surface area contributed by atoms with E-state index in [2.05, 4.69) is 41.4 Å². The van der Waals surface area contributed by atoms with Crippen molar-refractivity contribution in [3.05, 3.63) is 54.1 Å². The predicted molar refractivity (Wildman–Crippen MR) is 138 cm³/mol. The maximum Gasteiger partial charge on any atom is 0.232 e. The van der Waals surface area contributed by atoms with E-state index in [9.17, 15) is 13.2 Å². The van der Waals surface area contributed by atoms with Crippen LogP contribution in [0.25, 0.3) is 0 Å². The molecule has 1 fully saturated rings. The Morgan fingerprint density at radius 1 is 1.21 bits per heavy atom. The molecule has 2 aromatic carbocycles. The Kier molecular flexibility index (Phi) is 8.83. The summed E-state index contributed by atoms with van der Waals surface area (Å²) in [5, 5.41) is 3.03. The van der Waals surface area contributed by atoms with Crippen molar-refractivity contribution >= 4 is 27.3 Å². The minimum Gasteiger partial charge on any atom is -0.495 e. The Labute approximate surface area is 204 Å². The standard InChI is InChI=1S/C26H37N3O4S/c1-20-9-7-17-28(19-20)23-15-13-22(14-16-23)21(2)27-26(30)12-8-18-29(34(4,31)32)24-10-5-6-11-25(24)33-3/h5-6,10-11,13-16,20-21H,7-9,12,17-19H2,1-4H3,(H,27,30). The molecule has 1 amide bonds. The zero-order valence-electron chi connectivity index (χ0n) is 20.7. The predicted octanol–water partition coefficient (Wildman–Crippen LogP) is 4.36. The van der Waals surface area contributed by atoms with E-state index in [0.29, 0.717) is 23.8 Å². The number of benzene rings is 2. The van der Waals surface area contributed by atoms with Gasteiger partial charge < -0.3 is 15.0 Å². The van der Waals surface area contributed by atoms with Gasteiger partial charge in [-0.05, 0) is 61.9 Å². The van der Waals surface area contributed by atoms with Crippen LogP contribution in [0.3, 0.4) is 0 Å². The molecular formula is C26H37N3O4S. The second-order valence-corrected chi connectivity index (χ2v) is 11.1. The van der Waals surface area contributed by atoms with Crippen LogP contribution >= 0.6 is 0 Å². The van der Waals surface area contributed by atoms with Crippen LogP contribution in [0.15, 0.2) is 48.5 Å². The van der Waals surface area contributed by atoms with Gasteiger partial charge in [-0.3, -0.25) is 9.10 Å². The van der Waals surface area contributed by atoms with E-state index in [-0.39, 0.29) is 24.9 Å². The molecule has 1 heterocycles. The monoisotopic (exact) mass is 487 g/mol. The topological polar surface area (TPSA) is 79.0 Å². The summed E-state index contributed by atoms with van der Waals surface area (Å²) in [4.78, 5) is 15.0. The molecule has 2 atom stereocenters. The lowest BCUT2D eigenvalue weighted by Gasteiger charge is -2.33. The van der Waals surface area contributed by atoms with Crippen molar-refractivity contribution in [1.82, 2.24) is 5.32 Å². The van der Waals surface area contributed by atoms with Gasteiger partial charge in [-0.15, -0.1) is 0 Å². The molecule has 1 N–H and O–H groups in total. The van der Waals surface area contributed by atoms with Crippen LogP contribution in [0.2, 0.25) is 0 Å². The van der Waals surface area contributed by atoms with Crippen LogP contribution < -0.4 is 19.3 Å². The number of sulfonamides is 1. The average Bonchev–Trinajstić information content (AvgIpc) is 2.81. The number of hydrogen-bond donors (Lipinski definition) is 1. The second-order valence-electron chi connectivity index (χ2n) is 9.18. The van der Waals surface area contributed by atoms with Crippen molar-refractivity contribution < 1.29 is 17.9 Å². The van der Waals surface area contributed by atoms with E-state index in [1.54, 1.807) is 24.3 Å². The van der Waals surface area contributed by atoms with Crippen LogP contribution in [-0.2, 0) is 14.8 Å². The van der Waals surface area contributed by atoms with Crippen molar-refractivity contribution in [1.29, 1.82) is 0 Å². The largest absolute Gasteiger partial charge is 0.495 e. The molecule has 0 aromatic heterocycles. The Hall–Kier alpha value is -2.74. The lowest BCUT2D eigenvalue weighted by Crippen LogP contribution is -2.34. The number of methoxy groups -OCH3 is 1. The van der Waals surface area contributed by atoms with Crippen molar-refractivity contribution in [3.8, 4) is 5.75 Å². The maximum absolute atomic E-state index is 12.6. The molecule has 186 valence electrons. The molecule has 0 spiro atoms. The Bertz CT molecular complexity index is 1060. The van der Waals surface area contributed by atoms with Crippen LogP contribution in [0, 0.1) is 5.92 Å². The summed E-state index contributed by atoms with van der Waals surface area (Å²) < 4.78 is 31.3. The van der Waals surface area contributed by atoms with Crippen molar-refractivity contribution in [2.45, 2.75) is 45.6 Å². The minimum absolute atomic E-state index is 0.102. The Morgan fingerprint density at radius 2 is 1.91 bits per heavy atom. The maximum atomic E-state index is 12.6. The van der Waals surface area contributed by atoms with Gasteiger partial charge in [-0.1, -0.05) is 31.2 Å². The third-order valence-electron chi connectivity index (χ3n) is 6.31. The molecule has 3 rings (SSSR count). The molecule has 0 radical (unpaired) electrons. The summed E-state index contributed by atoms with van der Waals surface area (Å²) in [7, 11) is -2.01. The number of carbonyl (C=O) groups excluding carboxylic acids is 1. The molecule has 2 aromatic rings. The highest BCUT2D eigenvalue weighted by molar-refractivity contribution is 7.92. The van der Waals surface area contributed by atoms with Gasteiger partial charge in [0, 0.05) is 31.7 Å². The van der Waals surface area contributed by atoms with Gasteiger partial charge in [0.15, 0.2) is 0 Å². The van der Waals surface area contributed by atoms with E-state index in [1.807, 2.05) is 6.92 Å². The molecule has 7 nitrogen and oxygen atoms in total. The Balaban J connectivity index is 1.53. The van der Waals surface area contributed by atoms with E-state index >= 15 is 0 Å². The summed E-state index contributed by atoms with van der Waals surface area (Å²) in [6.07, 6.45) is 4.31. The summed E-state index contributed by atoms with van der Waals surface area (Å²) in [6, 6.07) is 15.3. The van der Waals surface area contributed by atoms with Crippen LogP contribution in [0.1, 0.15) is 51.1 Å². The van der Waals surface area contributed by atoms with Gasteiger partial charge in [0.2, 0.25) is 15.9 Å². The number of carbonyl (C=O) groups is 1. The number of para-hydroxylation sites is 2. The molecule has 0 aliphatic carbocycles. The lowest BCUT2D eigenvalue weighted by molar-refractivity contribution is -0.121. The Morgan fingerprint density at radius 3 is 2.56 bits per heavy atom. The quantitative estimate of drug-likeness (QED) is 0.539. The zero-order chi connectivity index (χ0) is 24.7. The number of ether oxygens (including phenoxy) is 1. The number of hydrogen-bond acceptors (Lipinski definition) is 5. The fourth-order valence-corrected chi connectivity index (χ4v) is 5.45. The number of amides is 1. The average molecular weight is 488 g/mol. The summed E-state index contributed by atoms with van der Waals surface area (Å²) >= 11 is 0. The van der Waals surface area contributed by atoms with E-state index in [4.69, 9.17) is 4.74 Å². The molecular weight excluding hydrogens is 450 g/mol. The van der Waals surface area contributed by atoms with E-state index in [0.717, 1.165) is 24.9 Å². The SMILES string of the molecule is COc1ccccc1N(CCCC(=O)NC(C)c1ccc(N2CCCC(C)C2)cc1)S(C)(=O)=O. The first-order chi connectivity index (χ1) is 16.2. The molecule has 0 saturated carbocycles. The molecule has 2 unspecified atom stereocenters. The highest BCUT2D eigenvalue weighted by Crippen LogP contribution is 2.30. The first-order valence-corrected chi connectivity index (χ1v) is 13.8. The number of nitrogens with one attached hydrogen (secondary N) is 1. The first kappa shape index (κ1) is 25.9. The number of anilines is 2. The van der Waals surface area contributed by atoms with Gasteiger partial charge in [-0.25, -0.2) is 8.42 Å². The van der Waals surface area contributed by atoms with Crippen molar-refractivity contribution in [2.75, 3.05) is 42.2 Å². The third kappa shape index (κ3) is 6.88. The fourth-order valence-electron chi connectivity index (χ4n) is 4.48. The van der Waals surface area contributed by atoms with Crippen LogP contribution in [0.5, 0.6) is 5.75 Å². The fraction of sp³-hybridized carbons (Fsp3) is 0.500. The van der Waals surface area contributed by atoms with Gasteiger partial charge in [0.1, 0.15) is 5.75 Å². The molecule has 34 heavy (non-hydrogen) atoms. The van der Waals surface area contributed by atoms with Gasteiger partial charge in [0.25, 0.3) is 0 Å². The summed E-state index contributed by atoms with van der Waals surface area (Å²) in [5.74, 6) is 1.09. The van der Waals surface area contributed by atoms with Gasteiger partial charge in [0.05, 0.1) is 25.1 Å². The van der Waals surface area contributed by atoms with E-state index < -0.39 is 10.0 Å². The molecule has 1 aliphatic heterocycles. The number of nitrogens with zero attached hydrogens (tertiary/aromatic N) is 2. The highest BCUT2D eigenvalue weighted by Gasteiger charge is 2.21. The smallest absolute Gasteiger partial charge is 0.232 e. The van der Waals surface area contributed by atoms with Gasteiger partial charge in [-0.2, -0.15) is 0 Å². The van der Waals surface area contributed by atoms with Crippen molar-refractivity contribution in [2.24, 2.45) is 5.92 Å². The zero-order valence-corrected chi connectivity index (χ0v) is 21.5.